The van der Waals surface area contributed by atoms with Crippen LogP contribution in [0.25, 0.3) is 0 Å². The smallest absolute Gasteiger partial charge is 0.255 e. The molecule has 4 heteroatoms. The number of hydrogen-bond donors (Lipinski definition) is 1. The van der Waals surface area contributed by atoms with Crippen LogP contribution in [0.4, 0.5) is 5.69 Å². The zero-order valence-electron chi connectivity index (χ0n) is 7.66. The number of amides is 1. The molecule has 0 spiro atoms. The summed E-state index contributed by atoms with van der Waals surface area (Å²) in [6.45, 7) is 1.72. The van der Waals surface area contributed by atoms with Crippen molar-refractivity contribution in [2.75, 3.05) is 18.8 Å². The molecule has 0 atom stereocenters. The normalized spacial score (nSPS) is 15.1. The number of carbonyl (C=O) groups is 1. The fourth-order valence-corrected chi connectivity index (χ4v) is 1.84. The number of halogens is 1. The van der Waals surface area contributed by atoms with Crippen LogP contribution in [0.15, 0.2) is 22.7 Å². The predicted octanol–water partition coefficient (Wildman–Crippen LogP) is 1.88. The first-order valence-corrected chi connectivity index (χ1v) is 5.32. The average molecular weight is 255 g/mol. The Morgan fingerprint density at radius 3 is 2.71 bits per heavy atom. The maximum atomic E-state index is 11.8. The molecule has 1 fully saturated rings. The van der Waals surface area contributed by atoms with E-state index in [1.54, 1.807) is 18.2 Å². The lowest BCUT2D eigenvalue weighted by Gasteiger charge is -2.31. The van der Waals surface area contributed by atoms with Crippen molar-refractivity contribution in [2.24, 2.45) is 0 Å². The summed E-state index contributed by atoms with van der Waals surface area (Å²) in [6, 6.07) is 5.37. The zero-order valence-corrected chi connectivity index (χ0v) is 9.25. The Morgan fingerprint density at radius 2 is 2.14 bits per heavy atom. The van der Waals surface area contributed by atoms with Gasteiger partial charge in [-0.3, -0.25) is 4.79 Å². The number of anilines is 1. The van der Waals surface area contributed by atoms with Crippen LogP contribution in [0.2, 0.25) is 0 Å². The van der Waals surface area contributed by atoms with E-state index in [9.17, 15) is 4.79 Å². The van der Waals surface area contributed by atoms with Crippen LogP contribution in [-0.2, 0) is 0 Å². The minimum atomic E-state index is 0.0652. The predicted molar refractivity (Wildman–Crippen MR) is 59.1 cm³/mol. The van der Waals surface area contributed by atoms with Crippen LogP contribution in [0, 0.1) is 0 Å². The highest BCUT2D eigenvalue weighted by Gasteiger charge is 2.23. The van der Waals surface area contributed by atoms with Crippen molar-refractivity contribution in [3.05, 3.63) is 28.2 Å². The summed E-state index contributed by atoms with van der Waals surface area (Å²) < 4.78 is 0.705. The number of carbonyl (C=O) groups excluding carboxylic acids is 1. The second-order valence-electron chi connectivity index (χ2n) is 3.35. The minimum Gasteiger partial charge on any atom is -0.398 e. The summed E-state index contributed by atoms with van der Waals surface area (Å²) in [7, 11) is 0. The Labute approximate surface area is 91.0 Å². The van der Waals surface area contributed by atoms with Gasteiger partial charge in [0.15, 0.2) is 0 Å². The molecule has 1 aliphatic heterocycles. The fraction of sp³-hybridized carbons (Fsp3) is 0.300. The van der Waals surface area contributed by atoms with E-state index in [0.717, 1.165) is 19.5 Å². The number of rotatable bonds is 1. The van der Waals surface area contributed by atoms with Crippen LogP contribution >= 0.6 is 15.9 Å². The molecule has 0 bridgehead atoms. The number of benzene rings is 1. The molecule has 0 saturated carbocycles. The fourth-order valence-electron chi connectivity index (χ4n) is 1.40. The molecule has 3 nitrogen and oxygen atoms in total. The summed E-state index contributed by atoms with van der Waals surface area (Å²) in [6.07, 6.45) is 1.10. The van der Waals surface area contributed by atoms with Crippen molar-refractivity contribution in [3.63, 3.8) is 0 Å². The van der Waals surface area contributed by atoms with E-state index < -0.39 is 0 Å². The van der Waals surface area contributed by atoms with E-state index in [1.807, 2.05) is 4.90 Å². The van der Waals surface area contributed by atoms with Crippen molar-refractivity contribution >= 4 is 27.5 Å². The third-order valence-corrected chi connectivity index (χ3v) is 3.29. The molecular formula is C10H11BrN2O. The van der Waals surface area contributed by atoms with Crippen molar-refractivity contribution in [1.82, 2.24) is 4.90 Å². The average Bonchev–Trinajstić information content (AvgIpc) is 2.06. The van der Waals surface area contributed by atoms with Gasteiger partial charge in [0, 0.05) is 18.8 Å². The quantitative estimate of drug-likeness (QED) is 0.779. The standard InChI is InChI=1S/C10H11BrN2O/c11-9-7(3-1-4-8(9)12)10(14)13-5-2-6-13/h1,3-4H,2,5-6,12H2. The SMILES string of the molecule is Nc1cccc(C(=O)N2CCC2)c1Br. The Morgan fingerprint density at radius 1 is 1.43 bits per heavy atom. The van der Waals surface area contributed by atoms with Crippen LogP contribution in [-0.4, -0.2) is 23.9 Å². The van der Waals surface area contributed by atoms with Gasteiger partial charge in [0.25, 0.3) is 5.91 Å². The molecule has 0 aromatic heterocycles. The first-order chi connectivity index (χ1) is 6.70. The summed E-state index contributed by atoms with van der Waals surface area (Å²) in [4.78, 5) is 13.7. The molecule has 2 rings (SSSR count). The summed E-state index contributed by atoms with van der Waals surface area (Å²) in [5, 5.41) is 0. The third-order valence-electron chi connectivity index (χ3n) is 2.40. The van der Waals surface area contributed by atoms with Gasteiger partial charge in [0.1, 0.15) is 0 Å². The van der Waals surface area contributed by atoms with E-state index in [-0.39, 0.29) is 5.91 Å². The molecule has 2 N–H and O–H groups in total. The minimum absolute atomic E-state index is 0.0652. The van der Waals surface area contributed by atoms with Gasteiger partial charge in [-0.2, -0.15) is 0 Å². The van der Waals surface area contributed by atoms with Gasteiger partial charge in [-0.15, -0.1) is 0 Å². The molecule has 0 unspecified atom stereocenters. The van der Waals surface area contributed by atoms with Crippen LogP contribution in [0.1, 0.15) is 16.8 Å². The Kier molecular flexibility index (Phi) is 2.46. The summed E-state index contributed by atoms with van der Waals surface area (Å²) in [5.41, 5.74) is 6.97. The highest BCUT2D eigenvalue weighted by atomic mass is 79.9. The Bertz CT molecular complexity index is 374. The molecule has 0 radical (unpaired) electrons. The molecule has 74 valence electrons. The molecule has 1 amide bonds. The highest BCUT2D eigenvalue weighted by Crippen LogP contribution is 2.26. The molecule has 1 aromatic carbocycles. The van der Waals surface area contributed by atoms with Crippen molar-refractivity contribution < 1.29 is 4.79 Å². The topological polar surface area (TPSA) is 46.3 Å². The lowest BCUT2D eigenvalue weighted by atomic mass is 10.1. The first kappa shape index (κ1) is 9.52. The van der Waals surface area contributed by atoms with Crippen LogP contribution < -0.4 is 5.73 Å². The molecule has 0 aliphatic carbocycles. The summed E-state index contributed by atoms with van der Waals surface area (Å²) >= 11 is 3.33. The number of nitrogens with two attached hydrogens (primary N) is 1. The van der Waals surface area contributed by atoms with Crippen molar-refractivity contribution in [2.45, 2.75) is 6.42 Å². The van der Waals surface area contributed by atoms with Gasteiger partial charge in [0.2, 0.25) is 0 Å². The van der Waals surface area contributed by atoms with E-state index in [0.29, 0.717) is 15.7 Å². The van der Waals surface area contributed by atoms with Gasteiger partial charge in [0.05, 0.1) is 10.0 Å². The third kappa shape index (κ3) is 1.50. The van der Waals surface area contributed by atoms with Crippen molar-refractivity contribution in [1.29, 1.82) is 0 Å². The molecule has 1 aliphatic rings. The monoisotopic (exact) mass is 254 g/mol. The van der Waals surface area contributed by atoms with Gasteiger partial charge in [-0.1, -0.05) is 6.07 Å². The maximum absolute atomic E-state index is 11.8. The van der Waals surface area contributed by atoms with Gasteiger partial charge in [-0.25, -0.2) is 0 Å². The number of nitrogen functional groups attached to an aromatic ring is 1. The van der Waals surface area contributed by atoms with Gasteiger partial charge >= 0.3 is 0 Å². The zero-order chi connectivity index (χ0) is 10.1. The maximum Gasteiger partial charge on any atom is 0.255 e. The number of hydrogen-bond acceptors (Lipinski definition) is 2. The number of likely N-dealkylation sites (tertiary alicyclic amines) is 1. The lowest BCUT2D eigenvalue weighted by molar-refractivity contribution is 0.0651. The molecular weight excluding hydrogens is 244 g/mol. The lowest BCUT2D eigenvalue weighted by Crippen LogP contribution is -2.42. The first-order valence-electron chi connectivity index (χ1n) is 4.53. The molecule has 1 aromatic rings. The van der Waals surface area contributed by atoms with Crippen LogP contribution in [0.5, 0.6) is 0 Å². The summed E-state index contributed by atoms with van der Waals surface area (Å²) in [5.74, 6) is 0.0652. The molecule has 1 heterocycles. The highest BCUT2D eigenvalue weighted by molar-refractivity contribution is 9.10. The Balaban J connectivity index is 2.31. The number of nitrogens with zero attached hydrogens (tertiary/aromatic N) is 1. The molecule has 14 heavy (non-hydrogen) atoms. The molecule has 1 saturated heterocycles. The largest absolute Gasteiger partial charge is 0.398 e. The van der Waals surface area contributed by atoms with Gasteiger partial charge in [-0.05, 0) is 34.5 Å². The second kappa shape index (κ2) is 3.61. The van der Waals surface area contributed by atoms with Gasteiger partial charge < -0.3 is 10.6 Å². The van der Waals surface area contributed by atoms with Crippen molar-refractivity contribution in [3.8, 4) is 0 Å². The van der Waals surface area contributed by atoms with E-state index in [1.165, 1.54) is 0 Å². The Hall–Kier alpha value is -1.03. The van der Waals surface area contributed by atoms with E-state index in [4.69, 9.17) is 5.73 Å². The van der Waals surface area contributed by atoms with E-state index in [2.05, 4.69) is 15.9 Å². The second-order valence-corrected chi connectivity index (χ2v) is 4.15. The van der Waals surface area contributed by atoms with E-state index >= 15 is 0 Å². The van der Waals surface area contributed by atoms with Crippen LogP contribution in [0.3, 0.4) is 0 Å².